The van der Waals surface area contributed by atoms with Crippen LogP contribution in [0.4, 0.5) is 4.79 Å². The standard InChI is InChI=1S/C54H72N2O11SSi/c1-12-17-41-50(66-52(62)63-34-38-22-25-40(26-23-38)64-48(59)20-14-13-15-31-56-46(57)29-30-47(56)58)36(3)19-16-18-35(2)21-27-43(39-24-28-44-42(32-39)55-37(4)68-44)65-49(60)33-45(54(8,9)51(41)61)67-69(10,11)53(5,6)7/h12,21-26,28-30,32,36,41,43,45,50H,1,13-20,27,31,33-34H2,2-11H3/b35-21+/t36-,41+,43-,45-,50-/m0/s1. The number of thiazole rings is 1. The van der Waals surface area contributed by atoms with Gasteiger partial charge in [0.05, 0.1) is 33.7 Å². The third-order valence-electron chi connectivity index (χ3n) is 13.7. The van der Waals surface area contributed by atoms with E-state index in [1.54, 1.807) is 41.7 Å². The fourth-order valence-corrected chi connectivity index (χ4v) is 10.7. The lowest BCUT2D eigenvalue weighted by Gasteiger charge is -2.45. The Morgan fingerprint density at radius 3 is 2.36 bits per heavy atom. The van der Waals surface area contributed by atoms with E-state index in [0.717, 1.165) is 39.2 Å². The van der Waals surface area contributed by atoms with Crippen LogP contribution >= 0.6 is 11.3 Å². The van der Waals surface area contributed by atoms with Crippen LogP contribution in [0.1, 0.15) is 135 Å². The predicted octanol–water partition coefficient (Wildman–Crippen LogP) is 12.0. The van der Waals surface area contributed by atoms with Crippen LogP contribution in [-0.4, -0.2) is 72.6 Å². The maximum atomic E-state index is 15.3. The average Bonchev–Trinajstić information content (AvgIpc) is 3.82. The summed E-state index contributed by atoms with van der Waals surface area (Å²) in [7, 11) is -2.60. The van der Waals surface area contributed by atoms with Crippen molar-refractivity contribution in [3.05, 3.63) is 95.1 Å². The first-order valence-corrected chi connectivity index (χ1v) is 27.9. The molecule has 2 aliphatic rings. The molecule has 0 radical (unpaired) electrons. The van der Waals surface area contributed by atoms with Gasteiger partial charge in [-0.2, -0.15) is 0 Å². The van der Waals surface area contributed by atoms with Crippen molar-refractivity contribution in [3.63, 3.8) is 0 Å². The van der Waals surface area contributed by atoms with Gasteiger partial charge in [0.1, 0.15) is 30.3 Å². The summed E-state index contributed by atoms with van der Waals surface area (Å²) in [6.45, 7) is 24.3. The Morgan fingerprint density at radius 2 is 1.70 bits per heavy atom. The molecular formula is C54H72N2O11SSi. The van der Waals surface area contributed by atoms with E-state index in [1.807, 2.05) is 45.9 Å². The van der Waals surface area contributed by atoms with Crippen molar-refractivity contribution in [2.45, 2.75) is 163 Å². The van der Waals surface area contributed by atoms with E-state index < -0.39 is 56.1 Å². The van der Waals surface area contributed by atoms with Crippen LogP contribution in [0, 0.1) is 24.2 Å². The number of aryl methyl sites for hydroxylation is 1. The van der Waals surface area contributed by atoms with Gasteiger partial charge in [0.25, 0.3) is 11.8 Å². The van der Waals surface area contributed by atoms with E-state index in [9.17, 15) is 24.0 Å². The fraction of sp³-hybridized carbons (Fsp3) is 0.537. The molecular weight excluding hydrogens is 913 g/mol. The summed E-state index contributed by atoms with van der Waals surface area (Å²) in [5.41, 5.74) is 2.21. The quantitative estimate of drug-likeness (QED) is 0.0354. The van der Waals surface area contributed by atoms with Crippen LogP contribution in [-0.2, 0) is 49.2 Å². The van der Waals surface area contributed by atoms with Gasteiger partial charge >= 0.3 is 18.1 Å². The Labute approximate surface area is 413 Å². The number of imide groups is 1. The number of unbranched alkanes of at least 4 members (excludes halogenated alkanes) is 2. The van der Waals surface area contributed by atoms with Gasteiger partial charge in [0, 0.05) is 37.0 Å². The number of allylic oxidation sites excluding steroid dienone is 2. The number of nitrogens with zero attached hydrogens (tertiary/aromatic N) is 2. The molecule has 0 spiro atoms. The Hall–Kier alpha value is -5.25. The van der Waals surface area contributed by atoms with Crippen molar-refractivity contribution < 1.29 is 52.1 Å². The maximum Gasteiger partial charge on any atom is 0.508 e. The van der Waals surface area contributed by atoms with Crippen molar-refractivity contribution in [3.8, 4) is 5.75 Å². The molecule has 2 aliphatic heterocycles. The predicted molar refractivity (Wildman–Crippen MR) is 270 cm³/mol. The zero-order valence-electron chi connectivity index (χ0n) is 42.2. The highest BCUT2D eigenvalue weighted by atomic mass is 32.1. The van der Waals surface area contributed by atoms with E-state index in [1.165, 1.54) is 17.1 Å². The highest BCUT2D eigenvalue weighted by Crippen LogP contribution is 2.43. The number of Topliss-reactive ketones (excluding diaryl/α,β-unsaturated/α-hetero) is 1. The topological polar surface area (TPSA) is 165 Å². The van der Waals surface area contributed by atoms with Gasteiger partial charge in [-0.05, 0) is 112 Å². The van der Waals surface area contributed by atoms with Crippen LogP contribution in [0.15, 0.2) is 78.9 Å². The number of rotatable bonds is 15. The molecule has 1 aromatic heterocycles. The summed E-state index contributed by atoms with van der Waals surface area (Å²) in [4.78, 5) is 85.1. The molecule has 2 aromatic carbocycles. The van der Waals surface area contributed by atoms with Crippen molar-refractivity contribution in [1.29, 1.82) is 0 Å². The number of fused-ring (bicyclic) bond motifs is 1. The third kappa shape index (κ3) is 15.1. The van der Waals surface area contributed by atoms with Crippen molar-refractivity contribution in [2.24, 2.45) is 17.3 Å². The zero-order chi connectivity index (χ0) is 50.7. The normalized spacial score (nSPS) is 22.8. The molecule has 0 fully saturated rings. The molecule has 0 N–H and O–H groups in total. The summed E-state index contributed by atoms with van der Waals surface area (Å²) in [6, 6.07) is 12.6. The Kier molecular flexibility index (Phi) is 19.1. The van der Waals surface area contributed by atoms with E-state index >= 15 is 4.79 Å². The summed E-state index contributed by atoms with van der Waals surface area (Å²) < 4.78 is 31.8. The van der Waals surface area contributed by atoms with Gasteiger partial charge in [-0.15, -0.1) is 17.9 Å². The first-order chi connectivity index (χ1) is 32.5. The van der Waals surface area contributed by atoms with E-state index in [-0.39, 0.29) is 54.4 Å². The SMILES string of the molecule is C=CC[C@H]1C(=O)C(C)(C)[C@@H](O[Si](C)(C)C(C)(C)C)CC(=O)O[C@H](c2ccc3sc(C)nc3c2)C/C=C(\C)CCC[C@H](C)[C@@H]1OC(=O)OCc1ccc(OC(=O)CCCCCN2C(=O)C=CC2=O)cc1. The van der Waals surface area contributed by atoms with Crippen LogP contribution in [0.2, 0.25) is 18.1 Å². The Morgan fingerprint density at radius 1 is 1.00 bits per heavy atom. The third-order valence-corrected chi connectivity index (χ3v) is 19.2. The van der Waals surface area contributed by atoms with Crippen molar-refractivity contribution in [2.75, 3.05) is 6.54 Å². The van der Waals surface area contributed by atoms with Crippen molar-refractivity contribution >= 4 is 65.6 Å². The van der Waals surface area contributed by atoms with Gasteiger partial charge in [-0.1, -0.05) is 83.9 Å². The minimum atomic E-state index is -2.60. The minimum Gasteiger partial charge on any atom is -0.457 e. The lowest BCUT2D eigenvalue weighted by Crippen LogP contribution is -2.53. The number of hydrogen-bond donors (Lipinski definition) is 0. The van der Waals surface area contributed by atoms with E-state index in [4.69, 9.17) is 28.4 Å². The largest absolute Gasteiger partial charge is 0.508 e. The molecule has 2 amide bonds. The maximum absolute atomic E-state index is 15.3. The molecule has 13 nitrogen and oxygen atoms in total. The summed E-state index contributed by atoms with van der Waals surface area (Å²) in [5, 5.41) is 0.714. The van der Waals surface area contributed by atoms with Crippen LogP contribution in [0.25, 0.3) is 10.2 Å². The van der Waals surface area contributed by atoms with Gasteiger partial charge in [0.15, 0.2) is 8.32 Å². The smallest absolute Gasteiger partial charge is 0.457 e. The lowest BCUT2D eigenvalue weighted by atomic mass is 9.71. The molecule has 0 unspecified atom stereocenters. The average molecular weight is 985 g/mol. The molecule has 5 rings (SSSR count). The highest BCUT2D eigenvalue weighted by Gasteiger charge is 2.50. The molecule has 0 bridgehead atoms. The molecule has 0 aliphatic carbocycles. The first-order valence-electron chi connectivity index (χ1n) is 24.2. The number of esters is 2. The summed E-state index contributed by atoms with van der Waals surface area (Å²) >= 11 is 1.62. The fourth-order valence-electron chi connectivity index (χ4n) is 8.42. The summed E-state index contributed by atoms with van der Waals surface area (Å²) in [5.74, 6) is -2.53. The van der Waals surface area contributed by atoms with Gasteiger partial charge in [0.2, 0.25) is 0 Å². The highest BCUT2D eigenvalue weighted by molar-refractivity contribution is 7.18. The van der Waals surface area contributed by atoms with E-state index in [0.29, 0.717) is 50.0 Å². The number of carbonyl (C=O) groups excluding carboxylic acids is 6. The zero-order valence-corrected chi connectivity index (χ0v) is 44.0. The molecule has 0 saturated heterocycles. The number of cyclic esters (lactones) is 1. The molecule has 0 saturated carbocycles. The Bertz CT molecular complexity index is 2380. The number of benzene rings is 2. The van der Waals surface area contributed by atoms with E-state index in [2.05, 4.69) is 53.4 Å². The summed E-state index contributed by atoms with van der Waals surface area (Å²) in [6.07, 6.45) is 7.59. The number of ketones is 1. The Balaban J connectivity index is 1.31. The van der Waals surface area contributed by atoms with Crippen LogP contribution in [0.5, 0.6) is 5.75 Å². The monoisotopic (exact) mass is 984 g/mol. The van der Waals surface area contributed by atoms with Gasteiger partial charge < -0.3 is 23.4 Å². The van der Waals surface area contributed by atoms with Crippen LogP contribution < -0.4 is 4.74 Å². The first kappa shape index (κ1) is 54.7. The number of amides is 2. The number of aromatic nitrogens is 1. The number of ether oxygens (including phenoxy) is 4. The molecule has 3 heterocycles. The van der Waals surface area contributed by atoms with Gasteiger partial charge in [-0.3, -0.25) is 28.9 Å². The number of hydrogen-bond acceptors (Lipinski definition) is 13. The van der Waals surface area contributed by atoms with Gasteiger partial charge in [-0.25, -0.2) is 9.78 Å². The van der Waals surface area contributed by atoms with Crippen LogP contribution in [0.3, 0.4) is 0 Å². The molecule has 15 heteroatoms. The molecule has 3 aromatic rings. The second kappa shape index (κ2) is 24.0. The molecule has 69 heavy (non-hydrogen) atoms. The molecule has 374 valence electrons. The van der Waals surface area contributed by atoms with Crippen molar-refractivity contribution in [1.82, 2.24) is 9.88 Å². The number of carbonyl (C=O) groups is 6. The second-order valence-electron chi connectivity index (χ2n) is 20.6. The second-order valence-corrected chi connectivity index (χ2v) is 26.6. The minimum absolute atomic E-state index is 0.135. The lowest BCUT2D eigenvalue weighted by molar-refractivity contribution is -0.155. The molecule has 5 atom stereocenters.